The third-order valence-electron chi connectivity index (χ3n) is 2.38. The maximum absolute atomic E-state index is 13.9. The molecule has 6 heteroatoms. The average molecular weight is 319 g/mol. The minimum absolute atomic E-state index is 0.125. The van der Waals surface area contributed by atoms with Crippen molar-refractivity contribution in [3.05, 3.63) is 28.0 Å². The van der Waals surface area contributed by atoms with Crippen molar-refractivity contribution in [1.29, 1.82) is 0 Å². The van der Waals surface area contributed by atoms with Crippen LogP contribution in [0, 0.1) is 11.7 Å². The summed E-state index contributed by atoms with van der Waals surface area (Å²) >= 11 is 3.07. The van der Waals surface area contributed by atoms with Gasteiger partial charge in [-0.05, 0) is 40.4 Å². The number of halogens is 2. The number of nitrogens with zero attached hydrogens (tertiary/aromatic N) is 1. The van der Waals surface area contributed by atoms with E-state index >= 15 is 0 Å². The molecule has 0 aromatic heterocycles. The van der Waals surface area contributed by atoms with Gasteiger partial charge in [0.15, 0.2) is 17.4 Å². The van der Waals surface area contributed by atoms with Crippen LogP contribution in [0.15, 0.2) is 21.8 Å². The van der Waals surface area contributed by atoms with Gasteiger partial charge in [-0.25, -0.2) is 4.39 Å². The van der Waals surface area contributed by atoms with Gasteiger partial charge in [-0.15, -0.1) is 0 Å². The molecule has 4 nitrogen and oxygen atoms in total. The molecular weight excluding hydrogens is 303 g/mol. The molecule has 1 aromatic carbocycles. The molecule has 3 N–H and O–H groups in total. The van der Waals surface area contributed by atoms with E-state index in [4.69, 9.17) is 15.7 Å². The van der Waals surface area contributed by atoms with Crippen molar-refractivity contribution >= 4 is 21.8 Å². The summed E-state index contributed by atoms with van der Waals surface area (Å²) in [4.78, 5) is 0. The van der Waals surface area contributed by atoms with E-state index in [1.165, 1.54) is 12.1 Å². The van der Waals surface area contributed by atoms with Crippen molar-refractivity contribution in [2.45, 2.75) is 20.3 Å². The monoisotopic (exact) mass is 318 g/mol. The SMILES string of the molecule is CC(C)CCOc1ccc(/C(N)=N/O)c(Br)c1F. The van der Waals surface area contributed by atoms with E-state index in [9.17, 15) is 4.39 Å². The van der Waals surface area contributed by atoms with Crippen LogP contribution in [0.4, 0.5) is 4.39 Å². The summed E-state index contributed by atoms with van der Waals surface area (Å²) in [7, 11) is 0. The lowest BCUT2D eigenvalue weighted by Gasteiger charge is -2.11. The first-order valence-corrected chi connectivity index (χ1v) is 6.35. The highest BCUT2D eigenvalue weighted by molar-refractivity contribution is 9.10. The Balaban J connectivity index is 2.88. The highest BCUT2D eigenvalue weighted by atomic mass is 79.9. The number of amidine groups is 1. The zero-order chi connectivity index (χ0) is 13.7. The van der Waals surface area contributed by atoms with E-state index in [1.807, 2.05) is 0 Å². The predicted octanol–water partition coefficient (Wildman–Crippen LogP) is 3.11. The van der Waals surface area contributed by atoms with Gasteiger partial charge < -0.3 is 15.7 Å². The Morgan fingerprint density at radius 1 is 1.56 bits per heavy atom. The summed E-state index contributed by atoms with van der Waals surface area (Å²) < 4.78 is 19.4. The molecule has 0 aliphatic carbocycles. The summed E-state index contributed by atoms with van der Waals surface area (Å²) in [6, 6.07) is 3.00. The lowest BCUT2D eigenvalue weighted by molar-refractivity contribution is 0.276. The number of rotatable bonds is 5. The van der Waals surface area contributed by atoms with Crippen molar-refractivity contribution in [2.24, 2.45) is 16.8 Å². The van der Waals surface area contributed by atoms with Crippen LogP contribution in [-0.2, 0) is 0 Å². The summed E-state index contributed by atoms with van der Waals surface area (Å²) in [5.41, 5.74) is 5.70. The Morgan fingerprint density at radius 3 is 2.78 bits per heavy atom. The van der Waals surface area contributed by atoms with Crippen LogP contribution in [0.1, 0.15) is 25.8 Å². The lowest BCUT2D eigenvalue weighted by atomic mass is 10.1. The van der Waals surface area contributed by atoms with Crippen LogP contribution in [-0.4, -0.2) is 17.6 Å². The van der Waals surface area contributed by atoms with Gasteiger partial charge in [0, 0.05) is 5.56 Å². The molecule has 0 aliphatic rings. The molecule has 0 radical (unpaired) electrons. The van der Waals surface area contributed by atoms with Crippen LogP contribution in [0.25, 0.3) is 0 Å². The molecule has 100 valence electrons. The summed E-state index contributed by atoms with van der Waals surface area (Å²) in [6.07, 6.45) is 0.846. The Bertz CT molecular complexity index is 450. The number of hydrogen-bond acceptors (Lipinski definition) is 3. The van der Waals surface area contributed by atoms with Crippen molar-refractivity contribution in [3.8, 4) is 5.75 Å². The normalized spacial score (nSPS) is 11.9. The molecule has 0 amide bonds. The van der Waals surface area contributed by atoms with E-state index < -0.39 is 5.82 Å². The number of benzene rings is 1. The van der Waals surface area contributed by atoms with Gasteiger partial charge in [0.1, 0.15) is 0 Å². The number of hydrogen-bond donors (Lipinski definition) is 2. The predicted molar refractivity (Wildman–Crippen MR) is 71.6 cm³/mol. The highest BCUT2D eigenvalue weighted by Crippen LogP contribution is 2.28. The summed E-state index contributed by atoms with van der Waals surface area (Å²) in [5.74, 6) is -0.0673. The first-order chi connectivity index (χ1) is 8.47. The van der Waals surface area contributed by atoms with Gasteiger partial charge in [0.25, 0.3) is 0 Å². The third-order valence-corrected chi connectivity index (χ3v) is 3.16. The minimum Gasteiger partial charge on any atom is -0.490 e. The fourth-order valence-electron chi connectivity index (χ4n) is 1.30. The highest BCUT2D eigenvalue weighted by Gasteiger charge is 2.15. The fourth-order valence-corrected chi connectivity index (χ4v) is 1.83. The number of nitrogens with two attached hydrogens (primary N) is 1. The summed E-state index contributed by atoms with van der Waals surface area (Å²) in [5, 5.41) is 11.4. The molecule has 0 unspecified atom stereocenters. The number of oxime groups is 1. The van der Waals surface area contributed by atoms with E-state index in [0.717, 1.165) is 6.42 Å². The molecule has 18 heavy (non-hydrogen) atoms. The Labute approximate surface area is 114 Å². The average Bonchev–Trinajstić information content (AvgIpc) is 2.33. The van der Waals surface area contributed by atoms with Gasteiger partial charge in [-0.1, -0.05) is 19.0 Å². The van der Waals surface area contributed by atoms with E-state index in [2.05, 4.69) is 34.9 Å². The van der Waals surface area contributed by atoms with Crippen molar-refractivity contribution < 1.29 is 14.3 Å². The zero-order valence-electron chi connectivity index (χ0n) is 10.3. The third kappa shape index (κ3) is 3.60. The molecule has 0 atom stereocenters. The standard InChI is InChI=1S/C12H16BrFN2O2/c1-7(2)5-6-18-9-4-3-8(12(15)16-17)10(13)11(9)14/h3-4,7,17H,5-6H2,1-2H3,(H2,15,16). The topological polar surface area (TPSA) is 67.8 Å². The molecular formula is C12H16BrFN2O2. The Kier molecular flexibility index (Phi) is 5.40. The first-order valence-electron chi connectivity index (χ1n) is 5.56. The second kappa shape index (κ2) is 6.58. The quantitative estimate of drug-likeness (QED) is 0.379. The van der Waals surface area contributed by atoms with Gasteiger partial charge in [-0.2, -0.15) is 0 Å². The van der Waals surface area contributed by atoms with Crippen molar-refractivity contribution in [1.82, 2.24) is 0 Å². The maximum Gasteiger partial charge on any atom is 0.179 e. The molecule has 1 aromatic rings. The minimum atomic E-state index is -0.553. The summed E-state index contributed by atoms with van der Waals surface area (Å²) in [6.45, 7) is 4.58. The first kappa shape index (κ1) is 14.8. The van der Waals surface area contributed by atoms with E-state index in [0.29, 0.717) is 12.5 Å². The molecule has 0 aliphatic heterocycles. The lowest BCUT2D eigenvalue weighted by Crippen LogP contribution is -2.14. The maximum atomic E-state index is 13.9. The van der Waals surface area contributed by atoms with Gasteiger partial charge >= 0.3 is 0 Å². The second-order valence-corrected chi connectivity index (χ2v) is 5.05. The van der Waals surface area contributed by atoms with E-state index in [-0.39, 0.29) is 21.6 Å². The smallest absolute Gasteiger partial charge is 0.179 e. The fraction of sp³-hybridized carbons (Fsp3) is 0.417. The molecule has 0 saturated heterocycles. The van der Waals surface area contributed by atoms with Gasteiger partial charge in [0.2, 0.25) is 0 Å². The Morgan fingerprint density at radius 2 is 2.22 bits per heavy atom. The molecule has 1 rings (SSSR count). The number of ether oxygens (including phenoxy) is 1. The van der Waals surface area contributed by atoms with Crippen LogP contribution in [0.3, 0.4) is 0 Å². The van der Waals surface area contributed by atoms with Crippen molar-refractivity contribution in [3.63, 3.8) is 0 Å². The van der Waals surface area contributed by atoms with Gasteiger partial charge in [-0.3, -0.25) is 0 Å². The molecule has 0 fully saturated rings. The second-order valence-electron chi connectivity index (χ2n) is 4.26. The van der Waals surface area contributed by atoms with Crippen LogP contribution >= 0.6 is 15.9 Å². The van der Waals surface area contributed by atoms with Crippen LogP contribution in [0.2, 0.25) is 0 Å². The van der Waals surface area contributed by atoms with Crippen molar-refractivity contribution in [2.75, 3.05) is 6.61 Å². The van der Waals surface area contributed by atoms with Gasteiger partial charge in [0.05, 0.1) is 11.1 Å². The largest absolute Gasteiger partial charge is 0.490 e. The zero-order valence-corrected chi connectivity index (χ0v) is 11.9. The van der Waals surface area contributed by atoms with Crippen LogP contribution in [0.5, 0.6) is 5.75 Å². The van der Waals surface area contributed by atoms with Crippen LogP contribution < -0.4 is 10.5 Å². The van der Waals surface area contributed by atoms with E-state index in [1.54, 1.807) is 0 Å². The molecule has 0 heterocycles. The Hall–Kier alpha value is -1.30. The molecule has 0 saturated carbocycles. The molecule has 0 spiro atoms. The molecule has 0 bridgehead atoms.